The minimum Gasteiger partial charge on any atom is -0.369 e. The topological polar surface area (TPSA) is 66.4 Å². The van der Waals surface area contributed by atoms with Gasteiger partial charge < -0.3 is 10.4 Å². The second kappa shape index (κ2) is 4.25. The van der Waals surface area contributed by atoms with Gasteiger partial charge in [0.15, 0.2) is 0 Å². The first-order valence-electron chi connectivity index (χ1n) is 5.97. The van der Waals surface area contributed by atoms with E-state index in [4.69, 9.17) is 0 Å². The lowest BCUT2D eigenvalue weighted by Gasteiger charge is -2.31. The van der Waals surface area contributed by atoms with Gasteiger partial charge in [0.05, 0.1) is 5.69 Å². The molecule has 2 N–H and O–H groups in total. The number of carbonyl (C=O) groups excluding carboxylic acids is 2. The number of benzene rings is 2. The molecule has 0 radical (unpaired) electrons. The Morgan fingerprint density at radius 2 is 1.75 bits per heavy atom. The highest BCUT2D eigenvalue weighted by atomic mass is 19.1. The number of halogens is 1. The molecule has 5 heteroatoms. The van der Waals surface area contributed by atoms with Crippen LogP contribution in [-0.2, 0) is 10.4 Å². The van der Waals surface area contributed by atoms with Gasteiger partial charge in [0.2, 0.25) is 11.4 Å². The molecule has 4 nitrogen and oxygen atoms in total. The number of Topliss-reactive ketones (excluding diaryl/α,β-unsaturated/α-hetero) is 1. The summed E-state index contributed by atoms with van der Waals surface area (Å²) < 4.78 is 13.3. The third kappa shape index (κ3) is 1.64. The molecular formula is C15H10FNO3. The van der Waals surface area contributed by atoms with Crippen LogP contribution in [-0.4, -0.2) is 16.8 Å². The Kier molecular flexibility index (Phi) is 2.65. The van der Waals surface area contributed by atoms with Gasteiger partial charge >= 0.3 is 0 Å². The summed E-state index contributed by atoms with van der Waals surface area (Å²) in [7, 11) is 0. The van der Waals surface area contributed by atoms with Crippen molar-refractivity contribution in [3.05, 3.63) is 65.5 Å². The van der Waals surface area contributed by atoms with Crippen LogP contribution in [0.2, 0.25) is 0 Å². The number of carbonyl (C=O) groups is 2. The summed E-state index contributed by atoms with van der Waals surface area (Å²) >= 11 is 0. The van der Waals surface area contributed by atoms with Gasteiger partial charge in [0.25, 0.3) is 5.91 Å². The summed E-state index contributed by atoms with van der Waals surface area (Å²) in [6.07, 6.45) is 0. The van der Waals surface area contributed by atoms with Crippen molar-refractivity contribution in [2.24, 2.45) is 0 Å². The number of hydrogen-bond donors (Lipinski definition) is 2. The Hall–Kier alpha value is -2.53. The molecule has 0 saturated carbocycles. The van der Waals surface area contributed by atoms with Gasteiger partial charge in [0.1, 0.15) is 5.82 Å². The summed E-state index contributed by atoms with van der Waals surface area (Å²) in [5.41, 5.74) is -2.03. The van der Waals surface area contributed by atoms with E-state index >= 15 is 0 Å². The van der Waals surface area contributed by atoms with Gasteiger partial charge in [-0.15, -0.1) is 0 Å². The van der Waals surface area contributed by atoms with Gasteiger partial charge in [0, 0.05) is 11.1 Å². The predicted molar refractivity (Wildman–Crippen MR) is 69.7 cm³/mol. The van der Waals surface area contributed by atoms with E-state index in [0.717, 1.165) is 12.1 Å². The zero-order valence-electron chi connectivity index (χ0n) is 10.3. The number of rotatable bonds is 1. The molecule has 3 rings (SSSR count). The molecule has 0 aromatic heterocycles. The molecule has 0 spiro atoms. The highest BCUT2D eigenvalue weighted by Crippen LogP contribution is 2.35. The lowest BCUT2D eigenvalue weighted by atomic mass is 9.82. The monoisotopic (exact) mass is 271 g/mol. The second-order valence-electron chi connectivity index (χ2n) is 4.55. The van der Waals surface area contributed by atoms with Crippen LogP contribution in [0.3, 0.4) is 0 Å². The molecule has 1 amide bonds. The molecule has 1 aliphatic heterocycles. The van der Waals surface area contributed by atoms with Crippen LogP contribution in [0.4, 0.5) is 10.1 Å². The Bertz CT molecular complexity index is 714. The van der Waals surface area contributed by atoms with Crippen molar-refractivity contribution in [1.29, 1.82) is 0 Å². The van der Waals surface area contributed by atoms with Crippen molar-refractivity contribution in [1.82, 2.24) is 0 Å². The van der Waals surface area contributed by atoms with Crippen molar-refractivity contribution < 1.29 is 19.1 Å². The maximum absolute atomic E-state index is 13.3. The molecule has 2 aromatic rings. The summed E-state index contributed by atoms with van der Waals surface area (Å²) in [5, 5.41) is 13.0. The van der Waals surface area contributed by atoms with E-state index in [1.165, 1.54) is 18.2 Å². The normalized spacial score (nSPS) is 21.3. The van der Waals surface area contributed by atoms with Gasteiger partial charge in [-0.25, -0.2) is 4.39 Å². The van der Waals surface area contributed by atoms with Crippen molar-refractivity contribution in [2.75, 3.05) is 5.32 Å². The number of fused-ring (bicyclic) bond motifs is 1. The van der Waals surface area contributed by atoms with Gasteiger partial charge in [-0.3, -0.25) is 9.59 Å². The van der Waals surface area contributed by atoms with E-state index in [1.807, 2.05) is 0 Å². The van der Waals surface area contributed by atoms with Gasteiger partial charge in [-0.05, 0) is 18.2 Å². The van der Waals surface area contributed by atoms with Crippen LogP contribution in [0, 0.1) is 5.82 Å². The second-order valence-corrected chi connectivity index (χ2v) is 4.55. The Morgan fingerprint density at radius 3 is 2.45 bits per heavy atom. The standard InChI is InChI=1S/C15H10FNO3/c16-10-6-7-12-11(8-10)13(18)15(20,14(19)17-12)9-4-2-1-3-5-9/h1-8,20H,(H,17,19). The summed E-state index contributed by atoms with van der Waals surface area (Å²) in [6.45, 7) is 0. The van der Waals surface area contributed by atoms with Crippen molar-refractivity contribution in [3.8, 4) is 0 Å². The Balaban J connectivity index is 2.20. The minimum atomic E-state index is -2.33. The maximum Gasteiger partial charge on any atom is 0.269 e. The molecular weight excluding hydrogens is 261 g/mol. The lowest BCUT2D eigenvalue weighted by Crippen LogP contribution is -2.50. The number of amides is 1. The molecule has 1 unspecified atom stereocenters. The van der Waals surface area contributed by atoms with Crippen LogP contribution >= 0.6 is 0 Å². The molecule has 2 aromatic carbocycles. The van der Waals surface area contributed by atoms with Crippen LogP contribution in [0.25, 0.3) is 0 Å². The highest BCUT2D eigenvalue weighted by Gasteiger charge is 2.49. The zero-order valence-corrected chi connectivity index (χ0v) is 10.3. The van der Waals surface area contributed by atoms with Crippen LogP contribution in [0.15, 0.2) is 48.5 Å². The first-order chi connectivity index (χ1) is 9.53. The van der Waals surface area contributed by atoms with Crippen LogP contribution < -0.4 is 5.32 Å². The first-order valence-corrected chi connectivity index (χ1v) is 5.97. The lowest BCUT2D eigenvalue weighted by molar-refractivity contribution is -0.130. The molecule has 0 fully saturated rings. The van der Waals surface area contributed by atoms with E-state index in [0.29, 0.717) is 0 Å². The Morgan fingerprint density at radius 1 is 1.05 bits per heavy atom. The molecule has 1 heterocycles. The summed E-state index contributed by atoms with van der Waals surface area (Å²) in [6, 6.07) is 11.3. The fourth-order valence-electron chi connectivity index (χ4n) is 2.27. The average molecular weight is 271 g/mol. The fourth-order valence-corrected chi connectivity index (χ4v) is 2.27. The van der Waals surface area contributed by atoms with Gasteiger partial charge in [-0.1, -0.05) is 30.3 Å². The largest absolute Gasteiger partial charge is 0.369 e. The molecule has 0 saturated heterocycles. The van der Waals surface area contributed by atoms with E-state index < -0.39 is 23.1 Å². The molecule has 1 aliphatic rings. The summed E-state index contributed by atoms with van der Waals surface area (Å²) in [4.78, 5) is 24.5. The third-order valence-electron chi connectivity index (χ3n) is 3.32. The molecule has 1 atom stereocenters. The quantitative estimate of drug-likeness (QED) is 0.778. The molecule has 0 bridgehead atoms. The van der Waals surface area contributed by atoms with Gasteiger partial charge in [-0.2, -0.15) is 0 Å². The average Bonchev–Trinajstić information content (AvgIpc) is 2.47. The minimum absolute atomic E-state index is 0.0454. The number of anilines is 1. The number of aliphatic hydroxyl groups is 1. The first kappa shape index (κ1) is 12.5. The molecule has 0 aliphatic carbocycles. The van der Waals surface area contributed by atoms with E-state index in [2.05, 4.69) is 5.32 Å². The molecule has 100 valence electrons. The third-order valence-corrected chi connectivity index (χ3v) is 3.32. The Labute approximate surface area is 113 Å². The zero-order chi connectivity index (χ0) is 14.3. The number of hydrogen-bond acceptors (Lipinski definition) is 3. The SMILES string of the molecule is O=C1Nc2ccc(F)cc2C(=O)C1(O)c1ccccc1. The fraction of sp³-hybridized carbons (Fsp3) is 0.0667. The maximum atomic E-state index is 13.3. The summed E-state index contributed by atoms with van der Waals surface area (Å²) in [5.74, 6) is -2.28. The smallest absolute Gasteiger partial charge is 0.269 e. The van der Waals surface area contributed by atoms with Crippen LogP contribution in [0.5, 0.6) is 0 Å². The number of nitrogens with one attached hydrogen (secondary N) is 1. The molecule has 20 heavy (non-hydrogen) atoms. The number of ketones is 1. The van der Waals surface area contributed by atoms with E-state index in [9.17, 15) is 19.1 Å². The van der Waals surface area contributed by atoms with Crippen LogP contribution in [0.1, 0.15) is 15.9 Å². The van der Waals surface area contributed by atoms with Crippen molar-refractivity contribution in [2.45, 2.75) is 5.60 Å². The van der Waals surface area contributed by atoms with Crippen molar-refractivity contribution >= 4 is 17.4 Å². The van der Waals surface area contributed by atoms with E-state index in [-0.39, 0.29) is 16.8 Å². The highest BCUT2D eigenvalue weighted by molar-refractivity contribution is 6.26. The van der Waals surface area contributed by atoms with E-state index in [1.54, 1.807) is 18.2 Å². The predicted octanol–water partition coefficient (Wildman–Crippen LogP) is 1.85. The van der Waals surface area contributed by atoms with Crippen molar-refractivity contribution in [3.63, 3.8) is 0 Å².